The van der Waals surface area contributed by atoms with E-state index in [4.69, 9.17) is 0 Å². The van der Waals surface area contributed by atoms with Crippen molar-refractivity contribution in [3.63, 3.8) is 0 Å². The molecule has 0 heterocycles. The van der Waals surface area contributed by atoms with Gasteiger partial charge in [0.05, 0.1) is 0 Å². The molecule has 356 valence electrons. The minimum Gasteiger partial charge on any atom is -0.507 e. The Bertz CT molecular complexity index is 2770. The second kappa shape index (κ2) is 16.4. The van der Waals surface area contributed by atoms with E-state index >= 15 is 0 Å². The number of aryl methyl sites for hydroxylation is 10. The standard InChI is InChI=1S/C62H72O6/c1-29-15-33(5)49(57(65)39(29)11)53(50-34(6)16-30(2)40(12)58(50)66)47-22-45(19-37(9)55(47)63)61-24-43-21-44(25-61)27-62(26-43,28-61)46-20-38(10)56(64)48(23-46)54(51-35(7)17-31(3)41(13)59(51)67)52-36(8)18-32(4)42(14)60(52)68/h15-20,22-23,43-44,53-54,63-68H,21,24-28H2,1-14H3. The van der Waals surface area contributed by atoms with Crippen molar-refractivity contribution in [2.75, 3.05) is 0 Å². The Morgan fingerprint density at radius 3 is 0.868 bits per heavy atom. The van der Waals surface area contributed by atoms with E-state index in [1.54, 1.807) is 0 Å². The summed E-state index contributed by atoms with van der Waals surface area (Å²) in [4.78, 5) is 0. The van der Waals surface area contributed by atoms with E-state index in [1.165, 1.54) is 17.5 Å². The number of benzene rings is 6. The van der Waals surface area contributed by atoms with Crippen LogP contribution in [0.1, 0.15) is 173 Å². The third kappa shape index (κ3) is 7.09. The molecule has 6 heteroatoms. The van der Waals surface area contributed by atoms with E-state index in [1.807, 2.05) is 96.9 Å². The van der Waals surface area contributed by atoms with Gasteiger partial charge in [-0.15, -0.1) is 0 Å². The zero-order valence-electron chi connectivity index (χ0n) is 42.9. The molecule has 0 atom stereocenters. The molecule has 68 heavy (non-hydrogen) atoms. The molecule has 0 saturated heterocycles. The Hall–Kier alpha value is -5.88. The smallest absolute Gasteiger partial charge is 0.123 e. The van der Waals surface area contributed by atoms with Crippen molar-refractivity contribution in [2.24, 2.45) is 11.8 Å². The maximum Gasteiger partial charge on any atom is 0.123 e. The molecule has 0 radical (unpaired) electrons. The van der Waals surface area contributed by atoms with Crippen molar-refractivity contribution in [3.05, 3.63) is 171 Å². The highest BCUT2D eigenvalue weighted by Crippen LogP contribution is 2.67. The molecule has 0 amide bonds. The van der Waals surface area contributed by atoms with Crippen LogP contribution < -0.4 is 0 Å². The van der Waals surface area contributed by atoms with E-state index in [2.05, 4.69) is 48.5 Å². The van der Waals surface area contributed by atoms with E-state index in [0.717, 1.165) is 110 Å². The molecule has 4 aliphatic carbocycles. The summed E-state index contributed by atoms with van der Waals surface area (Å²) < 4.78 is 0. The summed E-state index contributed by atoms with van der Waals surface area (Å²) in [7, 11) is 0. The van der Waals surface area contributed by atoms with Gasteiger partial charge in [0.1, 0.15) is 34.5 Å². The second-order valence-electron chi connectivity index (χ2n) is 22.4. The van der Waals surface area contributed by atoms with Gasteiger partial charge in [0.2, 0.25) is 0 Å². The van der Waals surface area contributed by atoms with Gasteiger partial charge in [0, 0.05) is 45.2 Å². The zero-order valence-corrected chi connectivity index (χ0v) is 42.9. The van der Waals surface area contributed by atoms with Gasteiger partial charge in [0.15, 0.2) is 0 Å². The average molecular weight is 913 g/mol. The molecule has 10 rings (SSSR count). The lowest BCUT2D eigenvalue weighted by molar-refractivity contribution is -0.0282. The number of rotatable bonds is 8. The Balaban J connectivity index is 1.25. The van der Waals surface area contributed by atoms with Crippen molar-refractivity contribution < 1.29 is 30.6 Å². The highest BCUT2D eigenvalue weighted by atomic mass is 16.3. The van der Waals surface area contributed by atoms with Crippen LogP contribution in [0, 0.1) is 109 Å². The van der Waals surface area contributed by atoms with Crippen LogP contribution in [-0.4, -0.2) is 30.6 Å². The third-order valence-corrected chi connectivity index (χ3v) is 18.0. The van der Waals surface area contributed by atoms with Crippen molar-refractivity contribution in [1.29, 1.82) is 0 Å². The summed E-state index contributed by atoms with van der Waals surface area (Å²) in [5, 5.41) is 73.3. The first-order chi connectivity index (χ1) is 31.9. The maximum atomic E-state index is 12.4. The minimum atomic E-state index is -0.648. The Morgan fingerprint density at radius 1 is 0.338 bits per heavy atom. The largest absolute Gasteiger partial charge is 0.507 e. The van der Waals surface area contributed by atoms with Gasteiger partial charge < -0.3 is 30.6 Å². The fraction of sp³-hybridized carbons (Fsp3) is 0.419. The number of phenolic OH excluding ortho intramolecular Hbond substituents is 6. The molecule has 0 unspecified atom stereocenters. The Labute approximate surface area is 404 Å². The predicted molar refractivity (Wildman–Crippen MR) is 275 cm³/mol. The molecule has 4 saturated carbocycles. The SMILES string of the molecule is Cc1cc(C)c(C(c2cc(C34CC5CC(C3)CC(c3cc(C)c(O)c(C(c6c(C)cc(C)c(C)c6O)c6c(C)cc(C)c(C)c6O)c3)(C5)C4)cc(C)c2O)c2c(C)cc(C)c(C)c2O)c(O)c1C. The van der Waals surface area contributed by atoms with Crippen LogP contribution in [0.25, 0.3) is 0 Å². The monoisotopic (exact) mass is 913 g/mol. The molecule has 6 nitrogen and oxygen atoms in total. The van der Waals surface area contributed by atoms with Crippen LogP contribution in [0.15, 0.2) is 48.5 Å². The van der Waals surface area contributed by atoms with Crippen LogP contribution in [-0.2, 0) is 10.8 Å². The maximum absolute atomic E-state index is 12.4. The highest BCUT2D eigenvalue weighted by molar-refractivity contribution is 5.68. The number of phenols is 6. The first-order valence-electron chi connectivity index (χ1n) is 24.8. The average Bonchev–Trinajstić information content (AvgIpc) is 3.26. The molecule has 6 N–H and O–H groups in total. The van der Waals surface area contributed by atoms with Gasteiger partial charge in [-0.1, -0.05) is 48.5 Å². The van der Waals surface area contributed by atoms with Crippen LogP contribution in [0.5, 0.6) is 34.5 Å². The van der Waals surface area contributed by atoms with Crippen molar-refractivity contribution in [2.45, 2.75) is 158 Å². The second-order valence-corrected chi connectivity index (χ2v) is 22.4. The summed E-state index contributed by atoms with van der Waals surface area (Å²) in [6.07, 6.45) is 6.16. The van der Waals surface area contributed by atoms with Gasteiger partial charge in [0.25, 0.3) is 0 Å². The van der Waals surface area contributed by atoms with Crippen LogP contribution in [0.4, 0.5) is 0 Å². The van der Waals surface area contributed by atoms with E-state index in [-0.39, 0.29) is 45.3 Å². The number of aromatic hydroxyl groups is 6. The van der Waals surface area contributed by atoms with Crippen LogP contribution in [0.3, 0.4) is 0 Å². The summed E-state index contributed by atoms with van der Waals surface area (Å²) >= 11 is 0. The zero-order chi connectivity index (χ0) is 49.4. The summed E-state index contributed by atoms with van der Waals surface area (Å²) in [5.74, 6) is 0.725. The highest BCUT2D eigenvalue weighted by Gasteiger charge is 2.59. The van der Waals surface area contributed by atoms with Gasteiger partial charge in [-0.05, 0) is 247 Å². The molecule has 4 fully saturated rings. The molecule has 6 aromatic carbocycles. The normalized spacial score (nSPS) is 20.9. The molecule has 4 aliphatic rings. The molecular formula is C62H72O6. The van der Waals surface area contributed by atoms with E-state index in [9.17, 15) is 30.6 Å². The molecule has 0 aliphatic heterocycles. The number of hydrogen-bond donors (Lipinski definition) is 6. The van der Waals surface area contributed by atoms with Gasteiger partial charge in [-0.3, -0.25) is 0 Å². The van der Waals surface area contributed by atoms with Crippen molar-refractivity contribution >= 4 is 0 Å². The fourth-order valence-corrected chi connectivity index (χ4v) is 14.3. The summed E-state index contributed by atoms with van der Waals surface area (Å²) in [6.45, 7) is 27.8. The predicted octanol–water partition coefficient (Wildman–Crippen LogP) is 14.4. The lowest BCUT2D eigenvalue weighted by Crippen LogP contribution is -2.56. The quantitative estimate of drug-likeness (QED) is 0.0846. The molecular weight excluding hydrogens is 841 g/mol. The van der Waals surface area contributed by atoms with E-state index in [0.29, 0.717) is 45.2 Å². The van der Waals surface area contributed by atoms with Gasteiger partial charge >= 0.3 is 0 Å². The minimum absolute atomic E-state index is 0.173. The molecule has 4 bridgehead atoms. The summed E-state index contributed by atoms with van der Waals surface area (Å²) in [6, 6.07) is 17.3. The lowest BCUT2D eigenvalue weighted by atomic mass is 9.41. The summed E-state index contributed by atoms with van der Waals surface area (Å²) in [5.41, 5.74) is 18.3. The topological polar surface area (TPSA) is 121 Å². The third-order valence-electron chi connectivity index (χ3n) is 18.0. The van der Waals surface area contributed by atoms with Gasteiger partial charge in [-0.2, -0.15) is 0 Å². The Morgan fingerprint density at radius 2 is 0.603 bits per heavy atom. The van der Waals surface area contributed by atoms with Crippen LogP contribution in [0.2, 0.25) is 0 Å². The lowest BCUT2D eigenvalue weighted by Gasteiger charge is -2.63. The van der Waals surface area contributed by atoms with Gasteiger partial charge in [-0.25, -0.2) is 0 Å². The fourth-order valence-electron chi connectivity index (χ4n) is 14.3. The molecule has 0 aromatic heterocycles. The van der Waals surface area contributed by atoms with Crippen molar-refractivity contribution in [1.82, 2.24) is 0 Å². The number of hydrogen-bond acceptors (Lipinski definition) is 6. The Kier molecular flexibility index (Phi) is 11.4. The van der Waals surface area contributed by atoms with E-state index < -0.39 is 11.8 Å². The first kappa shape index (κ1) is 47.2. The molecule has 0 spiro atoms. The first-order valence-corrected chi connectivity index (χ1v) is 24.8. The van der Waals surface area contributed by atoms with Crippen LogP contribution >= 0.6 is 0 Å². The van der Waals surface area contributed by atoms with Crippen molar-refractivity contribution in [3.8, 4) is 34.5 Å². The molecule has 6 aromatic rings.